The monoisotopic (exact) mass is 702 g/mol. The van der Waals surface area contributed by atoms with Crippen molar-refractivity contribution in [2.75, 3.05) is 23.7 Å². The van der Waals surface area contributed by atoms with Gasteiger partial charge in [0.25, 0.3) is 0 Å². The number of halogens is 2. The van der Waals surface area contributed by atoms with Crippen LogP contribution in [0.4, 0.5) is 11.4 Å². The summed E-state index contributed by atoms with van der Waals surface area (Å²) in [5.74, 6) is 0.669. The van der Waals surface area contributed by atoms with E-state index in [4.69, 9.17) is 23.2 Å². The number of nitrogens with one attached hydrogen (secondary N) is 2. The van der Waals surface area contributed by atoms with Crippen LogP contribution in [0.1, 0.15) is 115 Å². The number of hydrogen-bond donors (Lipinski definition) is 2. The van der Waals surface area contributed by atoms with E-state index in [9.17, 15) is 19.2 Å². The van der Waals surface area contributed by atoms with Crippen molar-refractivity contribution in [3.8, 4) is 0 Å². The molecule has 0 unspecified atom stereocenters. The van der Waals surface area contributed by atoms with E-state index in [0.29, 0.717) is 66.6 Å². The van der Waals surface area contributed by atoms with E-state index in [2.05, 4.69) is 10.6 Å². The lowest BCUT2D eigenvalue weighted by atomic mass is 9.43. The van der Waals surface area contributed by atoms with Gasteiger partial charge in [0.15, 0.2) is 23.1 Å². The standard InChI is InChI=1S/C42H36Cl2N2O4/c43-29-9-1-5-25-33(29)39(49)35-27(37(25)47)7-3-11-31(35)45-15-13-41-18-23-17-24(19-41)21-42(20-23,22-41)14-16-46-32-12-4-8-28-36(32)40(50)34-26(38(28)48)6-2-10-30(34)44/h1-12,23-24,45-46H,13-22H2. The Bertz CT molecular complexity index is 2010. The maximum absolute atomic E-state index is 13.7. The van der Waals surface area contributed by atoms with E-state index in [1.165, 1.54) is 32.1 Å². The molecule has 6 aliphatic rings. The van der Waals surface area contributed by atoms with Crippen LogP contribution in [0.2, 0.25) is 10.0 Å². The van der Waals surface area contributed by atoms with Gasteiger partial charge in [0, 0.05) is 46.7 Å². The lowest BCUT2D eigenvalue weighted by Crippen LogP contribution is -2.52. The summed E-state index contributed by atoms with van der Waals surface area (Å²) in [6.45, 7) is 1.44. The van der Waals surface area contributed by atoms with Gasteiger partial charge in [-0.05, 0) is 98.3 Å². The third kappa shape index (κ3) is 4.90. The number of benzene rings is 4. The molecule has 0 aliphatic heterocycles. The molecular weight excluding hydrogens is 667 g/mol. The first-order valence-corrected chi connectivity index (χ1v) is 18.4. The molecule has 2 N–H and O–H groups in total. The molecule has 0 atom stereocenters. The van der Waals surface area contributed by atoms with Gasteiger partial charge in [-0.1, -0.05) is 71.7 Å². The van der Waals surface area contributed by atoms with Crippen molar-refractivity contribution in [2.45, 2.75) is 51.4 Å². The quantitative estimate of drug-likeness (QED) is 0.164. The summed E-state index contributed by atoms with van der Waals surface area (Å²) in [6.07, 6.45) is 9.40. The first-order valence-electron chi connectivity index (χ1n) is 17.7. The fourth-order valence-corrected chi connectivity index (χ4v) is 11.4. The Hall–Kier alpha value is -4.26. The number of carbonyl (C=O) groups excluding carboxylic acids is 4. The Balaban J connectivity index is 0.904. The molecule has 0 heterocycles. The predicted octanol–water partition coefficient (Wildman–Crippen LogP) is 9.43. The van der Waals surface area contributed by atoms with Crippen molar-refractivity contribution in [1.29, 1.82) is 0 Å². The van der Waals surface area contributed by atoms with Gasteiger partial charge in [-0.25, -0.2) is 0 Å². The zero-order chi connectivity index (χ0) is 34.4. The maximum atomic E-state index is 13.7. The molecule has 0 saturated heterocycles. The molecule has 4 aromatic rings. The van der Waals surface area contributed by atoms with E-state index in [1.807, 2.05) is 24.3 Å². The molecule has 4 fully saturated rings. The van der Waals surface area contributed by atoms with Gasteiger partial charge in [0.1, 0.15) is 0 Å². The normalized spacial score (nSPS) is 25.6. The number of hydrogen-bond acceptors (Lipinski definition) is 6. The smallest absolute Gasteiger partial charge is 0.198 e. The molecule has 0 radical (unpaired) electrons. The Morgan fingerprint density at radius 2 is 0.900 bits per heavy atom. The molecular formula is C42H36Cl2N2O4. The molecule has 4 saturated carbocycles. The second-order valence-electron chi connectivity index (χ2n) is 15.4. The Kier molecular flexibility index (Phi) is 7.38. The minimum atomic E-state index is -0.206. The lowest BCUT2D eigenvalue weighted by Gasteiger charge is -2.63. The zero-order valence-electron chi connectivity index (χ0n) is 27.5. The van der Waals surface area contributed by atoms with Crippen LogP contribution in [-0.2, 0) is 0 Å². The minimum absolute atomic E-state index is 0.169. The van der Waals surface area contributed by atoms with Crippen LogP contribution in [-0.4, -0.2) is 36.2 Å². The Labute approximate surface area is 300 Å². The third-order valence-corrected chi connectivity index (χ3v) is 12.9. The molecule has 6 nitrogen and oxygen atoms in total. The fourth-order valence-electron chi connectivity index (χ4n) is 10.9. The fraction of sp³-hybridized carbons (Fsp3) is 0.333. The highest BCUT2D eigenvalue weighted by atomic mass is 35.5. The van der Waals surface area contributed by atoms with Crippen LogP contribution in [0.15, 0.2) is 72.8 Å². The van der Waals surface area contributed by atoms with E-state index >= 15 is 0 Å². The summed E-state index contributed by atoms with van der Waals surface area (Å²) >= 11 is 12.8. The summed E-state index contributed by atoms with van der Waals surface area (Å²) < 4.78 is 0. The van der Waals surface area contributed by atoms with E-state index < -0.39 is 0 Å². The van der Waals surface area contributed by atoms with Crippen molar-refractivity contribution in [3.63, 3.8) is 0 Å². The van der Waals surface area contributed by atoms with Crippen LogP contribution in [0, 0.1) is 22.7 Å². The SMILES string of the molecule is O=C1c2cccc(Cl)c2C(=O)c2c(NCCC34CC5CC(C3)CC(CCNc3cccc6c3C(=O)c3c(Cl)cccc3C6=O)(C5)C4)cccc21. The van der Waals surface area contributed by atoms with Gasteiger partial charge in [0.05, 0.1) is 32.3 Å². The molecule has 4 aromatic carbocycles. The molecule has 0 aromatic heterocycles. The van der Waals surface area contributed by atoms with Crippen LogP contribution in [0.3, 0.4) is 0 Å². The molecule has 0 spiro atoms. The van der Waals surface area contributed by atoms with Gasteiger partial charge in [-0.3, -0.25) is 19.2 Å². The first-order chi connectivity index (χ1) is 24.2. The number of anilines is 2. The molecule has 8 heteroatoms. The highest BCUT2D eigenvalue weighted by molar-refractivity contribution is 6.40. The van der Waals surface area contributed by atoms with Crippen molar-refractivity contribution in [2.24, 2.45) is 22.7 Å². The summed E-state index contributed by atoms with van der Waals surface area (Å²) in [4.78, 5) is 54.1. The number of carbonyl (C=O) groups is 4. The molecule has 50 heavy (non-hydrogen) atoms. The summed E-state index contributed by atoms with van der Waals surface area (Å²) in [5.41, 5.74) is 4.84. The molecule has 6 aliphatic carbocycles. The third-order valence-electron chi connectivity index (χ3n) is 12.3. The average molecular weight is 704 g/mol. The summed E-state index contributed by atoms with van der Waals surface area (Å²) in [7, 11) is 0. The maximum Gasteiger partial charge on any atom is 0.198 e. The van der Waals surface area contributed by atoms with Gasteiger partial charge < -0.3 is 10.6 Å². The van der Waals surface area contributed by atoms with Crippen LogP contribution in [0.25, 0.3) is 0 Å². The molecule has 252 valence electrons. The largest absolute Gasteiger partial charge is 0.384 e. The number of rotatable bonds is 8. The first kappa shape index (κ1) is 31.7. The molecule has 0 amide bonds. The Morgan fingerprint density at radius 3 is 1.32 bits per heavy atom. The second-order valence-corrected chi connectivity index (χ2v) is 16.2. The average Bonchev–Trinajstić information content (AvgIpc) is 3.08. The van der Waals surface area contributed by atoms with Crippen LogP contribution < -0.4 is 10.6 Å². The Morgan fingerprint density at radius 1 is 0.520 bits per heavy atom. The van der Waals surface area contributed by atoms with Gasteiger partial charge >= 0.3 is 0 Å². The topological polar surface area (TPSA) is 92.3 Å². The lowest BCUT2D eigenvalue weighted by molar-refractivity contribution is -0.114. The van der Waals surface area contributed by atoms with Crippen molar-refractivity contribution in [1.82, 2.24) is 0 Å². The minimum Gasteiger partial charge on any atom is -0.384 e. The summed E-state index contributed by atoms with van der Waals surface area (Å²) in [6, 6.07) is 21.0. The van der Waals surface area contributed by atoms with Crippen LogP contribution in [0.5, 0.6) is 0 Å². The summed E-state index contributed by atoms with van der Waals surface area (Å²) in [5, 5.41) is 7.76. The van der Waals surface area contributed by atoms with Crippen molar-refractivity contribution in [3.05, 3.63) is 127 Å². The van der Waals surface area contributed by atoms with Gasteiger partial charge in [-0.15, -0.1) is 0 Å². The van der Waals surface area contributed by atoms with Gasteiger partial charge in [-0.2, -0.15) is 0 Å². The van der Waals surface area contributed by atoms with Crippen molar-refractivity contribution < 1.29 is 19.2 Å². The second kappa shape index (κ2) is 11.6. The number of ketones is 4. The predicted molar refractivity (Wildman–Crippen MR) is 195 cm³/mol. The van der Waals surface area contributed by atoms with Crippen LogP contribution >= 0.6 is 23.2 Å². The molecule has 10 rings (SSSR count). The van der Waals surface area contributed by atoms with Gasteiger partial charge in [0.2, 0.25) is 0 Å². The number of fused-ring (bicyclic) bond motifs is 4. The highest BCUT2D eigenvalue weighted by Gasteiger charge is 2.56. The van der Waals surface area contributed by atoms with E-state index in [0.717, 1.165) is 32.4 Å². The van der Waals surface area contributed by atoms with E-state index in [-0.39, 0.29) is 45.1 Å². The zero-order valence-corrected chi connectivity index (χ0v) is 29.1. The highest BCUT2D eigenvalue weighted by Crippen LogP contribution is 2.67. The molecule has 4 bridgehead atoms. The van der Waals surface area contributed by atoms with E-state index in [1.54, 1.807) is 48.5 Å². The van der Waals surface area contributed by atoms with Crippen molar-refractivity contribution >= 4 is 57.7 Å².